The maximum atomic E-state index is 12.4. The molecule has 0 aliphatic carbocycles. The van der Waals surface area contributed by atoms with E-state index in [1.165, 1.54) is 11.3 Å². The highest BCUT2D eigenvalue weighted by molar-refractivity contribution is 7.13. The minimum Gasteiger partial charge on any atom is -0.481 e. The molecule has 0 spiro atoms. The number of amides is 1. The molecule has 1 aromatic carbocycles. The number of benzene rings is 1. The molecule has 0 aliphatic heterocycles. The Labute approximate surface area is 145 Å². The molecule has 128 valence electrons. The summed E-state index contributed by atoms with van der Waals surface area (Å²) in [5.41, 5.74) is 1.07. The van der Waals surface area contributed by atoms with Crippen LogP contribution in [0.15, 0.2) is 36.5 Å². The zero-order chi connectivity index (χ0) is 17.4. The van der Waals surface area contributed by atoms with E-state index in [9.17, 15) is 9.59 Å². The highest BCUT2D eigenvalue weighted by atomic mass is 32.1. The average Bonchev–Trinajstić information content (AvgIpc) is 3.03. The number of aromatic nitrogens is 1. The third-order valence-corrected chi connectivity index (χ3v) is 4.66. The highest BCUT2D eigenvalue weighted by Crippen LogP contribution is 2.16. The van der Waals surface area contributed by atoms with Gasteiger partial charge in [0.25, 0.3) is 5.91 Å². The number of carbonyl (C=O) groups excluding carboxylic acids is 1. The number of carbonyl (C=O) groups is 2. The second kappa shape index (κ2) is 9.17. The van der Waals surface area contributed by atoms with Crippen molar-refractivity contribution in [2.24, 2.45) is 0 Å². The second-order valence-corrected chi connectivity index (χ2v) is 6.78. The van der Waals surface area contributed by atoms with Crippen molar-refractivity contribution < 1.29 is 14.7 Å². The lowest BCUT2D eigenvalue weighted by atomic mass is 10.0. The van der Waals surface area contributed by atoms with Gasteiger partial charge in [-0.2, -0.15) is 0 Å². The average molecular weight is 346 g/mol. The first kappa shape index (κ1) is 18.1. The van der Waals surface area contributed by atoms with Gasteiger partial charge >= 0.3 is 5.97 Å². The molecule has 1 heterocycles. The van der Waals surface area contributed by atoms with Gasteiger partial charge in [-0.1, -0.05) is 37.3 Å². The van der Waals surface area contributed by atoms with Crippen molar-refractivity contribution in [2.75, 3.05) is 0 Å². The molecule has 2 rings (SSSR count). The SMILES string of the molecule is CCCc1ncc(C(=O)NC(CCC(=O)O)Cc2ccccc2)s1. The van der Waals surface area contributed by atoms with E-state index in [1.807, 2.05) is 30.3 Å². The minimum absolute atomic E-state index is 0.0293. The van der Waals surface area contributed by atoms with Gasteiger partial charge in [0.15, 0.2) is 0 Å². The fourth-order valence-corrected chi connectivity index (χ4v) is 3.35. The summed E-state index contributed by atoms with van der Waals surface area (Å²) >= 11 is 1.40. The smallest absolute Gasteiger partial charge is 0.303 e. The van der Waals surface area contributed by atoms with E-state index < -0.39 is 5.97 Å². The van der Waals surface area contributed by atoms with Crippen LogP contribution in [0.2, 0.25) is 0 Å². The molecule has 2 N–H and O–H groups in total. The topological polar surface area (TPSA) is 79.3 Å². The van der Waals surface area contributed by atoms with E-state index in [0.29, 0.717) is 17.7 Å². The number of aliphatic carboxylic acids is 1. The Bertz CT molecular complexity index is 670. The van der Waals surface area contributed by atoms with E-state index in [-0.39, 0.29) is 18.4 Å². The van der Waals surface area contributed by atoms with Crippen molar-refractivity contribution in [2.45, 2.75) is 45.1 Å². The van der Waals surface area contributed by atoms with Crippen LogP contribution in [0.3, 0.4) is 0 Å². The Morgan fingerprint density at radius 1 is 1.29 bits per heavy atom. The Hall–Kier alpha value is -2.21. The van der Waals surface area contributed by atoms with Gasteiger partial charge in [0.2, 0.25) is 0 Å². The van der Waals surface area contributed by atoms with Crippen molar-refractivity contribution in [1.29, 1.82) is 0 Å². The molecule has 1 aromatic heterocycles. The Kier molecular flexibility index (Phi) is 6.93. The molecule has 1 atom stereocenters. The number of nitrogens with one attached hydrogen (secondary N) is 1. The van der Waals surface area contributed by atoms with Crippen molar-refractivity contribution in [3.8, 4) is 0 Å². The summed E-state index contributed by atoms with van der Waals surface area (Å²) in [5.74, 6) is -1.04. The normalized spacial score (nSPS) is 11.9. The van der Waals surface area contributed by atoms with E-state index >= 15 is 0 Å². The summed E-state index contributed by atoms with van der Waals surface area (Å²) < 4.78 is 0. The van der Waals surface area contributed by atoms with Gasteiger partial charge < -0.3 is 10.4 Å². The number of thiazole rings is 1. The summed E-state index contributed by atoms with van der Waals surface area (Å²) in [5, 5.41) is 12.8. The molecule has 24 heavy (non-hydrogen) atoms. The van der Waals surface area contributed by atoms with Gasteiger partial charge in [-0.25, -0.2) is 4.98 Å². The zero-order valence-corrected chi connectivity index (χ0v) is 14.5. The first-order valence-corrected chi connectivity index (χ1v) is 8.91. The molecule has 1 amide bonds. The van der Waals surface area contributed by atoms with Gasteiger partial charge in [0.05, 0.1) is 11.2 Å². The monoisotopic (exact) mass is 346 g/mol. The standard InChI is InChI=1S/C18H22N2O3S/c1-2-6-16-19-12-15(24-16)18(23)20-14(9-10-17(21)22)11-13-7-4-3-5-8-13/h3-5,7-8,12,14H,2,6,9-11H2,1H3,(H,20,23)(H,21,22). The van der Waals surface area contributed by atoms with Crippen LogP contribution in [0.1, 0.15) is 46.4 Å². The number of carboxylic acids is 1. The van der Waals surface area contributed by atoms with Gasteiger partial charge in [0, 0.05) is 12.5 Å². The summed E-state index contributed by atoms with van der Waals surface area (Å²) in [6, 6.07) is 9.54. The van der Waals surface area contributed by atoms with Crippen LogP contribution in [-0.2, 0) is 17.6 Å². The van der Waals surface area contributed by atoms with Crippen LogP contribution in [0.25, 0.3) is 0 Å². The summed E-state index contributed by atoms with van der Waals surface area (Å²) in [6.45, 7) is 2.07. The first-order chi connectivity index (χ1) is 11.6. The fraction of sp³-hybridized carbons (Fsp3) is 0.389. The van der Waals surface area contributed by atoms with Crippen molar-refractivity contribution in [3.05, 3.63) is 52.0 Å². The minimum atomic E-state index is -0.856. The lowest BCUT2D eigenvalue weighted by Gasteiger charge is -2.17. The van der Waals surface area contributed by atoms with Gasteiger partial charge in [-0.05, 0) is 31.2 Å². The quantitative estimate of drug-likeness (QED) is 0.730. The molecule has 0 fully saturated rings. The molecule has 0 aliphatic rings. The molecule has 0 saturated carbocycles. The second-order valence-electron chi connectivity index (χ2n) is 5.66. The number of carboxylic acid groups (broad SMARTS) is 1. The van der Waals surface area contributed by atoms with Crippen LogP contribution in [0, 0.1) is 0 Å². The largest absolute Gasteiger partial charge is 0.481 e. The summed E-state index contributed by atoms with van der Waals surface area (Å²) in [6.07, 6.45) is 4.49. The summed E-state index contributed by atoms with van der Waals surface area (Å²) in [4.78, 5) is 28.1. The number of nitrogens with zero attached hydrogens (tertiary/aromatic N) is 1. The first-order valence-electron chi connectivity index (χ1n) is 8.09. The number of rotatable bonds is 9. The lowest BCUT2D eigenvalue weighted by Crippen LogP contribution is -2.36. The van der Waals surface area contributed by atoms with Gasteiger partial charge in [-0.15, -0.1) is 11.3 Å². The third-order valence-electron chi connectivity index (χ3n) is 3.61. The Balaban J connectivity index is 2.02. The molecular formula is C18H22N2O3S. The van der Waals surface area contributed by atoms with Crippen molar-refractivity contribution >= 4 is 23.2 Å². The van der Waals surface area contributed by atoms with Crippen LogP contribution < -0.4 is 5.32 Å². The molecule has 6 heteroatoms. The zero-order valence-electron chi connectivity index (χ0n) is 13.7. The maximum absolute atomic E-state index is 12.4. The van der Waals surface area contributed by atoms with Crippen LogP contribution >= 0.6 is 11.3 Å². The van der Waals surface area contributed by atoms with Crippen LogP contribution in [-0.4, -0.2) is 28.0 Å². The van der Waals surface area contributed by atoms with Crippen molar-refractivity contribution in [3.63, 3.8) is 0 Å². The Morgan fingerprint density at radius 2 is 2.04 bits per heavy atom. The van der Waals surface area contributed by atoms with E-state index in [0.717, 1.165) is 23.4 Å². The van der Waals surface area contributed by atoms with Gasteiger partial charge in [-0.3, -0.25) is 9.59 Å². The van der Waals surface area contributed by atoms with Crippen LogP contribution in [0.5, 0.6) is 0 Å². The maximum Gasteiger partial charge on any atom is 0.303 e. The third kappa shape index (κ3) is 5.77. The highest BCUT2D eigenvalue weighted by Gasteiger charge is 2.17. The predicted octanol–water partition coefficient (Wildman–Crippen LogP) is 3.30. The van der Waals surface area contributed by atoms with Crippen LogP contribution in [0.4, 0.5) is 0 Å². The lowest BCUT2D eigenvalue weighted by molar-refractivity contribution is -0.137. The van der Waals surface area contributed by atoms with E-state index in [2.05, 4.69) is 17.2 Å². The molecule has 2 aromatic rings. The molecule has 1 unspecified atom stereocenters. The predicted molar refractivity (Wildman–Crippen MR) is 94.4 cm³/mol. The molecule has 0 radical (unpaired) electrons. The molecule has 0 bridgehead atoms. The number of hydrogen-bond donors (Lipinski definition) is 2. The molecule has 5 nitrogen and oxygen atoms in total. The number of aryl methyl sites for hydroxylation is 1. The molecule has 0 saturated heterocycles. The van der Waals surface area contributed by atoms with Crippen molar-refractivity contribution in [1.82, 2.24) is 10.3 Å². The Morgan fingerprint density at radius 3 is 2.71 bits per heavy atom. The fourth-order valence-electron chi connectivity index (χ4n) is 2.42. The number of hydrogen-bond acceptors (Lipinski definition) is 4. The van der Waals surface area contributed by atoms with E-state index in [4.69, 9.17) is 5.11 Å². The van der Waals surface area contributed by atoms with Gasteiger partial charge in [0.1, 0.15) is 4.88 Å². The molecular weight excluding hydrogens is 324 g/mol. The van der Waals surface area contributed by atoms with E-state index in [1.54, 1.807) is 6.20 Å². The summed E-state index contributed by atoms with van der Waals surface area (Å²) in [7, 11) is 0.